The standard InChI is InChI=1S/C14H25N3O2/c1-15-13(18)12-10-16-6-7-17(12)11-3-8-19-14(9-11)4-2-5-14/h11-12,16H,2-10H2,1H3,(H,15,18). The molecular formula is C14H25N3O2. The van der Waals surface area contributed by atoms with Gasteiger partial charge in [0.2, 0.25) is 5.91 Å². The third kappa shape index (κ3) is 2.51. The van der Waals surface area contributed by atoms with Crippen molar-refractivity contribution in [3.8, 4) is 0 Å². The fourth-order valence-corrected chi connectivity index (χ4v) is 3.77. The first kappa shape index (κ1) is 13.3. The van der Waals surface area contributed by atoms with E-state index in [1.54, 1.807) is 7.05 Å². The first-order valence-corrected chi connectivity index (χ1v) is 7.56. The molecule has 0 aromatic rings. The molecule has 5 nitrogen and oxygen atoms in total. The van der Waals surface area contributed by atoms with Gasteiger partial charge in [-0.2, -0.15) is 0 Å². The normalized spacial score (nSPS) is 34.8. The fourth-order valence-electron chi connectivity index (χ4n) is 3.77. The van der Waals surface area contributed by atoms with Gasteiger partial charge in [0.05, 0.1) is 5.60 Å². The highest BCUT2D eigenvalue weighted by Gasteiger charge is 2.45. The Morgan fingerprint density at radius 2 is 2.32 bits per heavy atom. The Morgan fingerprint density at radius 3 is 3.00 bits per heavy atom. The monoisotopic (exact) mass is 267 g/mol. The fraction of sp³-hybridized carbons (Fsp3) is 0.929. The predicted octanol–water partition coefficient (Wildman–Crippen LogP) is 0.108. The number of carbonyl (C=O) groups excluding carboxylic acids is 1. The summed E-state index contributed by atoms with van der Waals surface area (Å²) < 4.78 is 6.00. The summed E-state index contributed by atoms with van der Waals surface area (Å²) in [7, 11) is 1.73. The Bertz CT molecular complexity index is 344. The number of nitrogens with one attached hydrogen (secondary N) is 2. The van der Waals surface area contributed by atoms with Gasteiger partial charge in [-0.3, -0.25) is 9.69 Å². The van der Waals surface area contributed by atoms with Crippen LogP contribution in [0.15, 0.2) is 0 Å². The molecule has 2 aliphatic heterocycles. The molecule has 1 spiro atoms. The number of ether oxygens (including phenoxy) is 1. The molecule has 0 aromatic heterocycles. The summed E-state index contributed by atoms with van der Waals surface area (Å²) in [5, 5.41) is 6.13. The zero-order chi connectivity index (χ0) is 13.3. The van der Waals surface area contributed by atoms with Crippen LogP contribution < -0.4 is 10.6 Å². The summed E-state index contributed by atoms with van der Waals surface area (Å²) >= 11 is 0. The number of carbonyl (C=O) groups is 1. The largest absolute Gasteiger partial charge is 0.375 e. The Morgan fingerprint density at radius 1 is 1.47 bits per heavy atom. The lowest BCUT2D eigenvalue weighted by atomic mass is 9.73. The molecule has 0 bridgehead atoms. The van der Waals surface area contributed by atoms with E-state index in [0.29, 0.717) is 6.04 Å². The minimum absolute atomic E-state index is 0.0148. The third-order valence-corrected chi connectivity index (χ3v) is 5.03. The van der Waals surface area contributed by atoms with Crippen LogP contribution in [-0.2, 0) is 9.53 Å². The van der Waals surface area contributed by atoms with Crippen molar-refractivity contribution >= 4 is 5.91 Å². The van der Waals surface area contributed by atoms with Gasteiger partial charge in [-0.25, -0.2) is 0 Å². The van der Waals surface area contributed by atoms with Crippen LogP contribution in [0.1, 0.15) is 32.1 Å². The molecule has 2 unspecified atom stereocenters. The topological polar surface area (TPSA) is 53.6 Å². The van der Waals surface area contributed by atoms with E-state index in [0.717, 1.165) is 39.1 Å². The molecule has 0 aromatic carbocycles. The van der Waals surface area contributed by atoms with Crippen molar-refractivity contribution in [2.75, 3.05) is 33.3 Å². The molecule has 2 N–H and O–H groups in total. The maximum Gasteiger partial charge on any atom is 0.238 e. The van der Waals surface area contributed by atoms with Crippen LogP contribution in [0.4, 0.5) is 0 Å². The van der Waals surface area contributed by atoms with Crippen molar-refractivity contribution in [2.24, 2.45) is 0 Å². The SMILES string of the molecule is CNC(=O)C1CNCCN1C1CCOC2(CCC2)C1. The smallest absolute Gasteiger partial charge is 0.238 e. The first-order valence-electron chi connectivity index (χ1n) is 7.56. The predicted molar refractivity (Wildman–Crippen MR) is 73.0 cm³/mol. The van der Waals surface area contributed by atoms with E-state index in [1.165, 1.54) is 19.3 Å². The van der Waals surface area contributed by atoms with Gasteiger partial charge < -0.3 is 15.4 Å². The van der Waals surface area contributed by atoms with Crippen LogP contribution in [0.5, 0.6) is 0 Å². The molecule has 3 fully saturated rings. The van der Waals surface area contributed by atoms with Crippen LogP contribution in [0, 0.1) is 0 Å². The van der Waals surface area contributed by atoms with Gasteiger partial charge in [-0.1, -0.05) is 0 Å². The molecule has 1 aliphatic carbocycles. The molecule has 0 radical (unpaired) electrons. The highest BCUT2D eigenvalue weighted by atomic mass is 16.5. The summed E-state index contributed by atoms with van der Waals surface area (Å²) in [6.07, 6.45) is 5.89. The molecule has 2 saturated heterocycles. The van der Waals surface area contributed by atoms with Crippen molar-refractivity contribution in [2.45, 2.75) is 49.8 Å². The third-order valence-electron chi connectivity index (χ3n) is 5.03. The molecule has 5 heteroatoms. The van der Waals surface area contributed by atoms with Gasteiger partial charge in [0, 0.05) is 39.3 Å². The molecule has 2 heterocycles. The zero-order valence-corrected chi connectivity index (χ0v) is 11.8. The van der Waals surface area contributed by atoms with Gasteiger partial charge in [-0.15, -0.1) is 0 Å². The maximum atomic E-state index is 12.0. The van der Waals surface area contributed by atoms with Crippen molar-refractivity contribution in [1.29, 1.82) is 0 Å². The minimum atomic E-state index is -0.0148. The van der Waals surface area contributed by atoms with E-state index in [4.69, 9.17) is 4.74 Å². The highest BCUT2D eigenvalue weighted by molar-refractivity contribution is 5.81. The molecule has 3 aliphatic rings. The number of piperazine rings is 1. The first-order chi connectivity index (χ1) is 9.24. The average molecular weight is 267 g/mol. The second-order valence-electron chi connectivity index (χ2n) is 6.10. The van der Waals surface area contributed by atoms with Gasteiger partial charge in [0.25, 0.3) is 0 Å². The number of nitrogens with zero attached hydrogens (tertiary/aromatic N) is 1. The number of rotatable bonds is 2. The summed E-state index contributed by atoms with van der Waals surface area (Å²) in [6.45, 7) is 3.58. The molecular weight excluding hydrogens is 242 g/mol. The summed E-state index contributed by atoms with van der Waals surface area (Å²) in [6, 6.07) is 0.498. The van der Waals surface area contributed by atoms with E-state index in [2.05, 4.69) is 15.5 Å². The van der Waals surface area contributed by atoms with E-state index < -0.39 is 0 Å². The quantitative estimate of drug-likeness (QED) is 0.745. The number of likely N-dealkylation sites (N-methyl/N-ethyl adjacent to an activating group) is 1. The zero-order valence-electron chi connectivity index (χ0n) is 11.8. The molecule has 1 amide bonds. The minimum Gasteiger partial charge on any atom is -0.375 e. The number of hydrogen-bond acceptors (Lipinski definition) is 4. The van der Waals surface area contributed by atoms with Gasteiger partial charge in [-0.05, 0) is 32.1 Å². The maximum absolute atomic E-state index is 12.0. The second kappa shape index (κ2) is 5.38. The van der Waals surface area contributed by atoms with Gasteiger partial charge in [0.15, 0.2) is 0 Å². The average Bonchev–Trinajstić information content (AvgIpc) is 2.45. The van der Waals surface area contributed by atoms with E-state index in [9.17, 15) is 4.79 Å². The molecule has 3 rings (SSSR count). The van der Waals surface area contributed by atoms with Crippen molar-refractivity contribution in [3.05, 3.63) is 0 Å². The lowest BCUT2D eigenvalue weighted by molar-refractivity contribution is -0.157. The number of amides is 1. The highest BCUT2D eigenvalue weighted by Crippen LogP contribution is 2.43. The van der Waals surface area contributed by atoms with Crippen molar-refractivity contribution < 1.29 is 9.53 Å². The summed E-state index contributed by atoms with van der Waals surface area (Å²) in [4.78, 5) is 14.5. The van der Waals surface area contributed by atoms with Crippen LogP contribution in [0.2, 0.25) is 0 Å². The van der Waals surface area contributed by atoms with E-state index in [1.807, 2.05) is 0 Å². The van der Waals surface area contributed by atoms with Crippen LogP contribution in [0.25, 0.3) is 0 Å². The number of hydrogen-bond donors (Lipinski definition) is 2. The summed E-state index contributed by atoms with van der Waals surface area (Å²) in [5.74, 6) is 0.140. The van der Waals surface area contributed by atoms with Crippen LogP contribution >= 0.6 is 0 Å². The Hall–Kier alpha value is -0.650. The van der Waals surface area contributed by atoms with Gasteiger partial charge >= 0.3 is 0 Å². The van der Waals surface area contributed by atoms with Crippen molar-refractivity contribution in [1.82, 2.24) is 15.5 Å². The van der Waals surface area contributed by atoms with E-state index in [-0.39, 0.29) is 17.6 Å². The lowest BCUT2D eigenvalue weighted by Gasteiger charge is -2.51. The molecule has 2 atom stereocenters. The molecule has 108 valence electrons. The van der Waals surface area contributed by atoms with Crippen molar-refractivity contribution in [3.63, 3.8) is 0 Å². The molecule has 19 heavy (non-hydrogen) atoms. The Balaban J connectivity index is 1.69. The van der Waals surface area contributed by atoms with Crippen LogP contribution in [0.3, 0.4) is 0 Å². The second-order valence-corrected chi connectivity index (χ2v) is 6.10. The summed E-state index contributed by atoms with van der Waals surface area (Å²) in [5.41, 5.74) is 0.154. The van der Waals surface area contributed by atoms with Gasteiger partial charge in [0.1, 0.15) is 6.04 Å². The van der Waals surface area contributed by atoms with Crippen LogP contribution in [-0.4, -0.2) is 61.8 Å². The lowest BCUT2D eigenvalue weighted by Crippen LogP contribution is -2.63. The molecule has 1 saturated carbocycles. The van der Waals surface area contributed by atoms with E-state index >= 15 is 0 Å². The Kier molecular flexibility index (Phi) is 3.78. The Labute approximate surface area is 115 Å².